The van der Waals surface area contributed by atoms with Crippen molar-refractivity contribution in [2.45, 2.75) is 19.8 Å². The third-order valence-corrected chi connectivity index (χ3v) is 5.28. The second-order valence-electron chi connectivity index (χ2n) is 6.32. The number of fused-ring (bicyclic) bond motifs is 2. The number of rotatable bonds is 6. The molecular weight excluding hydrogens is 396 g/mol. The molecule has 146 valence electrons. The Morgan fingerprint density at radius 1 is 1.25 bits per heavy atom. The third-order valence-electron chi connectivity index (χ3n) is 4.38. The molecule has 0 aliphatic carbocycles. The molecule has 28 heavy (non-hydrogen) atoms. The quantitative estimate of drug-likeness (QED) is 0.453. The second-order valence-corrected chi connectivity index (χ2v) is 7.23. The monoisotopic (exact) mass is 416 g/mol. The van der Waals surface area contributed by atoms with Crippen LogP contribution in [0.2, 0.25) is 0 Å². The van der Waals surface area contributed by atoms with E-state index < -0.39 is 0 Å². The lowest BCUT2D eigenvalue weighted by atomic mass is 10.2. The first-order chi connectivity index (χ1) is 13.2. The number of amides is 1. The molecule has 1 aromatic carbocycles. The van der Waals surface area contributed by atoms with Gasteiger partial charge >= 0.3 is 0 Å². The van der Waals surface area contributed by atoms with Crippen LogP contribution in [0.1, 0.15) is 30.1 Å². The van der Waals surface area contributed by atoms with Crippen LogP contribution >= 0.6 is 23.7 Å². The van der Waals surface area contributed by atoms with E-state index in [9.17, 15) is 4.79 Å². The first-order valence-corrected chi connectivity index (χ1v) is 9.75. The smallest absolute Gasteiger partial charge is 0.258 e. The molecular formula is C19H21ClN6OS. The number of thiophene rings is 1. The maximum atomic E-state index is 12.9. The highest BCUT2D eigenvalue weighted by Crippen LogP contribution is 2.27. The van der Waals surface area contributed by atoms with Crippen molar-refractivity contribution >= 4 is 62.5 Å². The van der Waals surface area contributed by atoms with Crippen molar-refractivity contribution in [2.24, 2.45) is 7.05 Å². The van der Waals surface area contributed by atoms with Crippen LogP contribution in [0.4, 0.5) is 11.6 Å². The minimum Gasteiger partial charge on any atom is -0.354 e. The van der Waals surface area contributed by atoms with Crippen LogP contribution in [-0.2, 0) is 7.05 Å². The number of imidazole rings is 1. The molecule has 0 aliphatic rings. The van der Waals surface area contributed by atoms with Crippen LogP contribution in [0.25, 0.3) is 21.3 Å². The Bertz CT molecular complexity index is 1120. The highest BCUT2D eigenvalue weighted by atomic mass is 35.5. The van der Waals surface area contributed by atoms with Crippen LogP contribution in [0.3, 0.4) is 0 Å². The molecule has 0 fully saturated rings. The molecule has 0 spiro atoms. The van der Waals surface area contributed by atoms with Crippen LogP contribution in [-0.4, -0.2) is 32.0 Å². The highest BCUT2D eigenvalue weighted by Gasteiger charge is 2.16. The molecule has 4 rings (SSSR count). The van der Waals surface area contributed by atoms with Crippen molar-refractivity contribution in [2.75, 3.05) is 17.2 Å². The predicted octanol–water partition coefficient (Wildman–Crippen LogP) is 4.46. The molecule has 7 nitrogen and oxygen atoms in total. The summed E-state index contributed by atoms with van der Waals surface area (Å²) in [7, 11) is 1.93. The maximum absolute atomic E-state index is 12.9. The van der Waals surface area contributed by atoms with Crippen LogP contribution < -0.4 is 10.6 Å². The average molecular weight is 417 g/mol. The van der Waals surface area contributed by atoms with E-state index in [1.807, 2.05) is 35.2 Å². The molecule has 0 aliphatic heterocycles. The van der Waals surface area contributed by atoms with E-state index in [0.717, 1.165) is 35.1 Å². The molecule has 0 saturated heterocycles. The summed E-state index contributed by atoms with van der Waals surface area (Å²) >= 11 is 1.46. The van der Waals surface area contributed by atoms with E-state index in [1.54, 1.807) is 12.5 Å². The van der Waals surface area contributed by atoms with Gasteiger partial charge in [0.15, 0.2) is 0 Å². The topological polar surface area (TPSA) is 84.7 Å². The number of carbonyl (C=O) groups is 1. The molecule has 0 saturated carbocycles. The number of benzene rings is 1. The van der Waals surface area contributed by atoms with Crippen molar-refractivity contribution in [1.29, 1.82) is 0 Å². The fraction of sp³-hybridized carbons (Fsp3) is 0.263. The van der Waals surface area contributed by atoms with Gasteiger partial charge in [-0.2, -0.15) is 0 Å². The zero-order valence-corrected chi connectivity index (χ0v) is 17.2. The van der Waals surface area contributed by atoms with Gasteiger partial charge in [-0.05, 0) is 18.6 Å². The summed E-state index contributed by atoms with van der Waals surface area (Å²) in [5.74, 6) is 0.354. The molecule has 3 aromatic heterocycles. The number of carbonyl (C=O) groups excluding carboxylic acids is 1. The van der Waals surface area contributed by atoms with Crippen LogP contribution in [0.15, 0.2) is 36.1 Å². The minimum atomic E-state index is -0.197. The summed E-state index contributed by atoms with van der Waals surface area (Å²) in [6, 6.07) is 5.73. The molecule has 3 heterocycles. The van der Waals surface area contributed by atoms with Gasteiger partial charge in [-0.3, -0.25) is 4.79 Å². The fourth-order valence-corrected chi connectivity index (χ4v) is 3.74. The zero-order valence-electron chi connectivity index (χ0n) is 15.6. The summed E-state index contributed by atoms with van der Waals surface area (Å²) in [6.07, 6.45) is 5.65. The fourth-order valence-electron chi connectivity index (χ4n) is 2.90. The SMILES string of the molecule is CCCCNc1ncc2scc(C(=O)Nc3cccc4c3ncn4C)c2n1.Cl. The van der Waals surface area contributed by atoms with Gasteiger partial charge in [0.2, 0.25) is 5.95 Å². The Kier molecular flexibility index (Phi) is 6.11. The van der Waals surface area contributed by atoms with Gasteiger partial charge in [-0.25, -0.2) is 15.0 Å². The average Bonchev–Trinajstić information content (AvgIpc) is 3.26. The summed E-state index contributed by atoms with van der Waals surface area (Å²) < 4.78 is 2.81. The van der Waals surface area contributed by atoms with E-state index in [2.05, 4.69) is 32.5 Å². The van der Waals surface area contributed by atoms with Crippen LogP contribution in [0, 0.1) is 0 Å². The standard InChI is InChI=1S/C19H20N6OS.ClH/c1-3-4-8-20-19-21-9-15-16(24-19)12(10-27-15)18(26)23-13-6-5-7-14-17(13)22-11-25(14)2;/h5-7,9-11H,3-4,8H2,1-2H3,(H,23,26)(H,20,21,24);1H. The van der Waals surface area contributed by atoms with Gasteiger partial charge in [0.25, 0.3) is 5.91 Å². The van der Waals surface area contributed by atoms with Gasteiger partial charge in [-0.1, -0.05) is 19.4 Å². The molecule has 4 aromatic rings. The van der Waals surface area contributed by atoms with Gasteiger partial charge in [0.05, 0.1) is 39.5 Å². The summed E-state index contributed by atoms with van der Waals surface area (Å²) in [6.45, 7) is 2.95. The van der Waals surface area contributed by atoms with Crippen molar-refractivity contribution in [1.82, 2.24) is 19.5 Å². The van der Waals surface area contributed by atoms with E-state index in [4.69, 9.17) is 0 Å². The Labute approximate surface area is 172 Å². The summed E-state index contributed by atoms with van der Waals surface area (Å²) in [5.41, 5.74) is 3.63. The van der Waals surface area contributed by atoms with Crippen molar-refractivity contribution in [3.63, 3.8) is 0 Å². The molecule has 0 bridgehead atoms. The van der Waals surface area contributed by atoms with Crippen molar-refractivity contribution in [3.05, 3.63) is 41.7 Å². The second kappa shape index (κ2) is 8.53. The highest BCUT2D eigenvalue weighted by molar-refractivity contribution is 7.17. The molecule has 0 unspecified atom stereocenters. The van der Waals surface area contributed by atoms with Gasteiger partial charge in [-0.15, -0.1) is 23.7 Å². The number of hydrogen-bond acceptors (Lipinski definition) is 6. The largest absolute Gasteiger partial charge is 0.354 e. The lowest BCUT2D eigenvalue weighted by molar-refractivity contribution is 0.102. The molecule has 0 atom stereocenters. The number of hydrogen-bond donors (Lipinski definition) is 2. The Morgan fingerprint density at radius 2 is 2.11 bits per heavy atom. The number of aromatic nitrogens is 4. The lowest BCUT2D eigenvalue weighted by Gasteiger charge is -2.06. The minimum absolute atomic E-state index is 0. The normalized spacial score (nSPS) is 10.8. The lowest BCUT2D eigenvalue weighted by Crippen LogP contribution is -2.12. The van der Waals surface area contributed by atoms with Gasteiger partial charge < -0.3 is 15.2 Å². The number of nitrogens with one attached hydrogen (secondary N) is 2. The number of anilines is 2. The first kappa shape index (κ1) is 20.0. The summed E-state index contributed by atoms with van der Waals surface area (Å²) in [5, 5.41) is 8.01. The Hall–Kier alpha value is -2.71. The zero-order chi connectivity index (χ0) is 18.8. The first-order valence-electron chi connectivity index (χ1n) is 8.87. The van der Waals surface area contributed by atoms with E-state index in [-0.39, 0.29) is 18.3 Å². The maximum Gasteiger partial charge on any atom is 0.258 e. The van der Waals surface area contributed by atoms with E-state index in [1.165, 1.54) is 11.3 Å². The Morgan fingerprint density at radius 3 is 2.93 bits per heavy atom. The molecule has 0 radical (unpaired) electrons. The van der Waals surface area contributed by atoms with Gasteiger partial charge in [0.1, 0.15) is 5.52 Å². The molecule has 1 amide bonds. The number of aryl methyl sites for hydroxylation is 1. The van der Waals surface area contributed by atoms with Crippen LogP contribution in [0.5, 0.6) is 0 Å². The third kappa shape index (κ3) is 3.79. The number of para-hydroxylation sites is 1. The van der Waals surface area contributed by atoms with Gasteiger partial charge in [0, 0.05) is 19.0 Å². The number of nitrogens with zero attached hydrogens (tertiary/aromatic N) is 4. The number of unbranched alkanes of at least 4 members (excludes halogenated alkanes) is 1. The van der Waals surface area contributed by atoms with E-state index >= 15 is 0 Å². The summed E-state index contributed by atoms with van der Waals surface area (Å²) in [4.78, 5) is 26.1. The van der Waals surface area contributed by atoms with Crippen molar-refractivity contribution in [3.8, 4) is 0 Å². The van der Waals surface area contributed by atoms with Crippen molar-refractivity contribution < 1.29 is 4.79 Å². The number of halogens is 1. The molecule has 2 N–H and O–H groups in total. The predicted molar refractivity (Wildman–Crippen MR) is 117 cm³/mol. The molecule has 9 heteroatoms. The Balaban J connectivity index is 0.00000225. The van der Waals surface area contributed by atoms with E-state index in [0.29, 0.717) is 22.7 Å².